The summed E-state index contributed by atoms with van der Waals surface area (Å²) in [5, 5.41) is -0.523. The molecule has 4 heteroatoms. The molecule has 13 heavy (non-hydrogen) atoms. The Labute approximate surface area is 89.5 Å². The SMILES string of the molecule is CC(C)OC(=O)C(Cl)CCCCCl. The molecule has 0 heterocycles. The summed E-state index contributed by atoms with van der Waals surface area (Å²) in [6, 6.07) is 0. The molecule has 0 spiro atoms. The van der Waals surface area contributed by atoms with Gasteiger partial charge in [-0.05, 0) is 26.7 Å². The molecule has 0 aromatic rings. The molecule has 0 saturated carbocycles. The Hall–Kier alpha value is 0.0500. The lowest BCUT2D eigenvalue weighted by Gasteiger charge is -2.11. The lowest BCUT2D eigenvalue weighted by Crippen LogP contribution is -2.21. The highest BCUT2D eigenvalue weighted by atomic mass is 35.5. The zero-order valence-electron chi connectivity index (χ0n) is 8.06. The topological polar surface area (TPSA) is 26.3 Å². The summed E-state index contributed by atoms with van der Waals surface area (Å²) < 4.78 is 4.94. The standard InChI is InChI=1S/C9H16Cl2O2/c1-7(2)13-9(12)8(11)5-3-4-6-10/h7-8H,3-6H2,1-2H3. The van der Waals surface area contributed by atoms with Gasteiger partial charge in [-0.1, -0.05) is 6.42 Å². The fourth-order valence-corrected chi connectivity index (χ4v) is 1.24. The van der Waals surface area contributed by atoms with E-state index >= 15 is 0 Å². The number of ether oxygens (including phenoxy) is 1. The zero-order chi connectivity index (χ0) is 10.3. The summed E-state index contributed by atoms with van der Waals surface area (Å²) in [5.41, 5.74) is 0. The first kappa shape index (κ1) is 13.1. The van der Waals surface area contributed by atoms with E-state index in [9.17, 15) is 4.79 Å². The minimum Gasteiger partial charge on any atom is -0.462 e. The molecule has 0 amide bonds. The first-order chi connectivity index (χ1) is 6.07. The maximum Gasteiger partial charge on any atom is 0.324 e. The summed E-state index contributed by atoms with van der Waals surface area (Å²) in [7, 11) is 0. The molecule has 0 aliphatic carbocycles. The summed E-state index contributed by atoms with van der Waals surface area (Å²) >= 11 is 11.3. The van der Waals surface area contributed by atoms with Crippen LogP contribution in [0.15, 0.2) is 0 Å². The van der Waals surface area contributed by atoms with Gasteiger partial charge in [0, 0.05) is 5.88 Å². The summed E-state index contributed by atoms with van der Waals surface area (Å²) in [4.78, 5) is 11.2. The molecule has 0 saturated heterocycles. The van der Waals surface area contributed by atoms with Crippen molar-refractivity contribution >= 4 is 29.2 Å². The lowest BCUT2D eigenvalue weighted by atomic mass is 10.2. The molecule has 0 aromatic heterocycles. The fourth-order valence-electron chi connectivity index (χ4n) is 0.842. The van der Waals surface area contributed by atoms with Crippen LogP contribution < -0.4 is 0 Å². The van der Waals surface area contributed by atoms with Gasteiger partial charge >= 0.3 is 5.97 Å². The monoisotopic (exact) mass is 226 g/mol. The second-order valence-corrected chi connectivity index (χ2v) is 4.04. The van der Waals surface area contributed by atoms with E-state index < -0.39 is 5.38 Å². The van der Waals surface area contributed by atoms with E-state index in [1.54, 1.807) is 13.8 Å². The van der Waals surface area contributed by atoms with Gasteiger partial charge in [0.25, 0.3) is 0 Å². The maximum absolute atomic E-state index is 11.2. The van der Waals surface area contributed by atoms with Crippen LogP contribution in [0.2, 0.25) is 0 Å². The third-order valence-electron chi connectivity index (χ3n) is 1.45. The van der Waals surface area contributed by atoms with E-state index in [1.165, 1.54) is 0 Å². The van der Waals surface area contributed by atoms with Crippen molar-refractivity contribution in [3.8, 4) is 0 Å². The van der Waals surface area contributed by atoms with Crippen molar-refractivity contribution in [2.75, 3.05) is 5.88 Å². The molecule has 0 aromatic carbocycles. The van der Waals surface area contributed by atoms with Gasteiger partial charge in [0.1, 0.15) is 5.38 Å². The highest BCUT2D eigenvalue weighted by Crippen LogP contribution is 2.10. The van der Waals surface area contributed by atoms with Crippen molar-refractivity contribution in [1.82, 2.24) is 0 Å². The van der Waals surface area contributed by atoms with Gasteiger partial charge in [0.15, 0.2) is 0 Å². The molecule has 2 nitrogen and oxygen atoms in total. The Kier molecular flexibility index (Phi) is 7.48. The first-order valence-corrected chi connectivity index (χ1v) is 5.45. The third kappa shape index (κ3) is 7.15. The van der Waals surface area contributed by atoms with E-state index in [4.69, 9.17) is 27.9 Å². The molecule has 78 valence electrons. The van der Waals surface area contributed by atoms with Gasteiger partial charge < -0.3 is 4.74 Å². The number of unbranched alkanes of at least 4 members (excludes halogenated alkanes) is 1. The van der Waals surface area contributed by atoms with Crippen LogP contribution >= 0.6 is 23.2 Å². The van der Waals surface area contributed by atoms with Crippen LogP contribution in [0.1, 0.15) is 33.1 Å². The quantitative estimate of drug-likeness (QED) is 0.396. The van der Waals surface area contributed by atoms with Crippen molar-refractivity contribution in [3.63, 3.8) is 0 Å². The highest BCUT2D eigenvalue weighted by molar-refractivity contribution is 6.29. The van der Waals surface area contributed by atoms with Crippen LogP contribution in [0.5, 0.6) is 0 Å². The second kappa shape index (κ2) is 7.45. The molecule has 0 bridgehead atoms. The Morgan fingerprint density at radius 2 is 2.00 bits per heavy atom. The van der Waals surface area contributed by atoms with E-state index in [0.29, 0.717) is 12.3 Å². The normalized spacial score (nSPS) is 13.0. The third-order valence-corrected chi connectivity index (χ3v) is 2.11. The van der Waals surface area contributed by atoms with Gasteiger partial charge in [-0.25, -0.2) is 0 Å². The van der Waals surface area contributed by atoms with Crippen molar-refractivity contribution in [2.45, 2.75) is 44.6 Å². The summed E-state index contributed by atoms with van der Waals surface area (Å²) in [6.45, 7) is 3.61. The number of rotatable bonds is 6. The predicted molar refractivity (Wildman–Crippen MR) is 55.4 cm³/mol. The van der Waals surface area contributed by atoms with Crippen molar-refractivity contribution in [2.24, 2.45) is 0 Å². The molecule has 1 unspecified atom stereocenters. The number of esters is 1. The minimum absolute atomic E-state index is 0.0956. The predicted octanol–water partition coefficient (Wildman–Crippen LogP) is 2.95. The molecule has 0 fully saturated rings. The number of carbonyl (C=O) groups is 1. The van der Waals surface area contributed by atoms with Crippen LogP contribution in [-0.2, 0) is 9.53 Å². The van der Waals surface area contributed by atoms with Crippen LogP contribution in [0.4, 0.5) is 0 Å². The number of hydrogen-bond acceptors (Lipinski definition) is 2. The number of hydrogen-bond donors (Lipinski definition) is 0. The van der Waals surface area contributed by atoms with Gasteiger partial charge in [0.2, 0.25) is 0 Å². The van der Waals surface area contributed by atoms with Crippen molar-refractivity contribution in [1.29, 1.82) is 0 Å². The summed E-state index contributed by atoms with van der Waals surface area (Å²) in [5.74, 6) is 0.286. The number of halogens is 2. The van der Waals surface area contributed by atoms with Crippen LogP contribution in [0, 0.1) is 0 Å². The smallest absolute Gasteiger partial charge is 0.324 e. The largest absolute Gasteiger partial charge is 0.462 e. The van der Waals surface area contributed by atoms with Gasteiger partial charge in [-0.3, -0.25) is 4.79 Å². The average Bonchev–Trinajstić information content (AvgIpc) is 2.03. The molecule has 0 radical (unpaired) electrons. The van der Waals surface area contributed by atoms with E-state index in [-0.39, 0.29) is 12.1 Å². The maximum atomic E-state index is 11.2. The lowest BCUT2D eigenvalue weighted by molar-refractivity contribution is -0.147. The highest BCUT2D eigenvalue weighted by Gasteiger charge is 2.17. The molecular weight excluding hydrogens is 211 g/mol. The molecule has 1 atom stereocenters. The Morgan fingerprint density at radius 1 is 1.38 bits per heavy atom. The Balaban J connectivity index is 3.57. The molecule has 0 aliphatic rings. The van der Waals surface area contributed by atoms with E-state index in [0.717, 1.165) is 12.8 Å². The van der Waals surface area contributed by atoms with Crippen LogP contribution in [0.25, 0.3) is 0 Å². The minimum atomic E-state index is -0.523. The molecule has 0 rings (SSSR count). The van der Waals surface area contributed by atoms with E-state index in [1.807, 2.05) is 0 Å². The summed E-state index contributed by atoms with van der Waals surface area (Å²) in [6.07, 6.45) is 2.30. The fraction of sp³-hybridized carbons (Fsp3) is 0.889. The molecular formula is C9H16Cl2O2. The van der Waals surface area contributed by atoms with E-state index in [2.05, 4.69) is 0 Å². The Morgan fingerprint density at radius 3 is 2.46 bits per heavy atom. The zero-order valence-corrected chi connectivity index (χ0v) is 9.57. The molecule has 0 N–H and O–H groups in total. The Bertz CT molecular complexity index is 149. The van der Waals surface area contributed by atoms with Crippen LogP contribution in [0.3, 0.4) is 0 Å². The van der Waals surface area contributed by atoms with Crippen LogP contribution in [-0.4, -0.2) is 23.3 Å². The first-order valence-electron chi connectivity index (χ1n) is 4.48. The van der Waals surface area contributed by atoms with Crippen molar-refractivity contribution < 1.29 is 9.53 Å². The average molecular weight is 227 g/mol. The number of alkyl halides is 2. The van der Waals surface area contributed by atoms with Crippen molar-refractivity contribution in [3.05, 3.63) is 0 Å². The van der Waals surface area contributed by atoms with Gasteiger partial charge in [0.05, 0.1) is 6.10 Å². The van der Waals surface area contributed by atoms with Gasteiger partial charge in [-0.2, -0.15) is 0 Å². The molecule has 0 aliphatic heterocycles. The number of carbonyl (C=O) groups excluding carboxylic acids is 1. The second-order valence-electron chi connectivity index (χ2n) is 3.14. The van der Waals surface area contributed by atoms with Gasteiger partial charge in [-0.15, -0.1) is 23.2 Å².